The zero-order valence-electron chi connectivity index (χ0n) is 10.9. The summed E-state index contributed by atoms with van der Waals surface area (Å²) >= 11 is 0. The van der Waals surface area contributed by atoms with E-state index in [0.29, 0.717) is 5.69 Å². The third-order valence-electron chi connectivity index (χ3n) is 2.75. The first-order valence-corrected chi connectivity index (χ1v) is 5.84. The van der Waals surface area contributed by atoms with Crippen LogP contribution in [0.2, 0.25) is 0 Å². The van der Waals surface area contributed by atoms with Crippen LogP contribution in [0.15, 0.2) is 18.2 Å². The fraction of sp³-hybridized carbons (Fsp3) is 0.462. The molecule has 4 N–H and O–H groups in total. The van der Waals surface area contributed by atoms with Gasteiger partial charge < -0.3 is 16.2 Å². The van der Waals surface area contributed by atoms with Gasteiger partial charge in [0.05, 0.1) is 11.7 Å². The summed E-state index contributed by atoms with van der Waals surface area (Å²) < 4.78 is 0. The molecule has 1 rings (SSSR count). The summed E-state index contributed by atoms with van der Waals surface area (Å²) in [4.78, 5) is 11.8. The summed E-state index contributed by atoms with van der Waals surface area (Å²) in [5.41, 5.74) is 7.21. The maximum atomic E-state index is 11.8. The molecule has 0 spiro atoms. The van der Waals surface area contributed by atoms with Crippen molar-refractivity contribution in [2.45, 2.75) is 33.2 Å². The van der Waals surface area contributed by atoms with Gasteiger partial charge in [0.25, 0.3) is 0 Å². The first-order valence-electron chi connectivity index (χ1n) is 5.84. The molecule has 1 atom stereocenters. The molecular weight excluding hydrogens is 252 g/mol. The zero-order valence-corrected chi connectivity index (χ0v) is 11.8. The Morgan fingerprint density at radius 3 is 2.56 bits per heavy atom. The summed E-state index contributed by atoms with van der Waals surface area (Å²) in [5, 5.41) is 12.3. The Balaban J connectivity index is 0.00000289. The van der Waals surface area contributed by atoms with Crippen molar-refractivity contribution in [3.8, 4) is 5.75 Å². The Bertz CT molecular complexity index is 408. The second-order valence-electron chi connectivity index (χ2n) is 4.46. The van der Waals surface area contributed by atoms with E-state index in [1.807, 2.05) is 26.8 Å². The smallest absolute Gasteiger partial charge is 0.241 e. The molecule has 1 aromatic rings. The number of anilines is 1. The van der Waals surface area contributed by atoms with E-state index in [4.69, 9.17) is 5.73 Å². The second-order valence-corrected chi connectivity index (χ2v) is 4.46. The van der Waals surface area contributed by atoms with Crippen molar-refractivity contribution in [2.75, 3.05) is 5.32 Å². The van der Waals surface area contributed by atoms with Gasteiger partial charge in [-0.1, -0.05) is 26.8 Å². The van der Waals surface area contributed by atoms with Crippen LogP contribution in [0.3, 0.4) is 0 Å². The predicted octanol–water partition coefficient (Wildman–Crippen LogP) is 2.30. The van der Waals surface area contributed by atoms with Crippen LogP contribution in [0.25, 0.3) is 0 Å². The number of hydrogen-bond acceptors (Lipinski definition) is 3. The van der Waals surface area contributed by atoms with Crippen molar-refractivity contribution < 1.29 is 9.90 Å². The molecule has 5 heteroatoms. The lowest BCUT2D eigenvalue weighted by molar-refractivity contribution is -0.118. The first kappa shape index (κ1) is 16.7. The number of phenolic OH excluding ortho intramolecular Hbond substituents is 1. The average molecular weight is 273 g/mol. The number of nitrogens with one attached hydrogen (secondary N) is 1. The number of aromatic hydroxyl groups is 1. The van der Waals surface area contributed by atoms with Gasteiger partial charge in [-0.05, 0) is 30.0 Å². The van der Waals surface area contributed by atoms with Crippen molar-refractivity contribution in [1.29, 1.82) is 0 Å². The quantitative estimate of drug-likeness (QED) is 0.736. The van der Waals surface area contributed by atoms with Crippen LogP contribution in [-0.2, 0) is 11.2 Å². The fourth-order valence-electron chi connectivity index (χ4n) is 1.42. The number of hydrogen-bond donors (Lipinski definition) is 3. The van der Waals surface area contributed by atoms with Crippen LogP contribution in [-0.4, -0.2) is 17.1 Å². The number of carbonyl (C=O) groups excluding carboxylic acids is 1. The number of carbonyl (C=O) groups is 1. The first-order chi connectivity index (χ1) is 7.95. The number of halogens is 1. The molecule has 102 valence electrons. The SMILES string of the molecule is CCc1ccc(O)c(NC(=O)[C@H](N)C(C)C)c1.Cl. The lowest BCUT2D eigenvalue weighted by Gasteiger charge is -2.16. The van der Waals surface area contributed by atoms with Gasteiger partial charge in [0, 0.05) is 0 Å². The molecule has 1 aromatic carbocycles. The Labute approximate surface area is 114 Å². The minimum Gasteiger partial charge on any atom is -0.506 e. The van der Waals surface area contributed by atoms with E-state index in [-0.39, 0.29) is 30.0 Å². The third-order valence-corrected chi connectivity index (χ3v) is 2.75. The molecule has 0 saturated carbocycles. The van der Waals surface area contributed by atoms with Gasteiger partial charge in [-0.15, -0.1) is 12.4 Å². The highest BCUT2D eigenvalue weighted by atomic mass is 35.5. The third kappa shape index (κ3) is 4.20. The Morgan fingerprint density at radius 1 is 1.44 bits per heavy atom. The summed E-state index contributed by atoms with van der Waals surface area (Å²) in [6, 6.07) is 4.60. The normalized spacial score (nSPS) is 11.8. The van der Waals surface area contributed by atoms with Crippen LogP contribution < -0.4 is 11.1 Å². The van der Waals surface area contributed by atoms with Crippen molar-refractivity contribution in [2.24, 2.45) is 11.7 Å². The van der Waals surface area contributed by atoms with Crippen LogP contribution in [0, 0.1) is 5.92 Å². The number of amides is 1. The van der Waals surface area contributed by atoms with Gasteiger partial charge in [-0.3, -0.25) is 4.79 Å². The van der Waals surface area contributed by atoms with Gasteiger partial charge >= 0.3 is 0 Å². The highest BCUT2D eigenvalue weighted by molar-refractivity contribution is 5.96. The van der Waals surface area contributed by atoms with E-state index >= 15 is 0 Å². The average Bonchev–Trinajstić information content (AvgIpc) is 2.30. The van der Waals surface area contributed by atoms with Gasteiger partial charge in [0.15, 0.2) is 0 Å². The van der Waals surface area contributed by atoms with E-state index in [2.05, 4.69) is 5.32 Å². The van der Waals surface area contributed by atoms with Gasteiger partial charge in [0.1, 0.15) is 5.75 Å². The summed E-state index contributed by atoms with van der Waals surface area (Å²) in [5.74, 6) is -0.151. The minimum absolute atomic E-state index is 0. The fourth-order valence-corrected chi connectivity index (χ4v) is 1.42. The lowest BCUT2D eigenvalue weighted by atomic mass is 10.0. The molecule has 0 unspecified atom stereocenters. The molecule has 18 heavy (non-hydrogen) atoms. The number of benzene rings is 1. The maximum Gasteiger partial charge on any atom is 0.241 e. The molecule has 0 radical (unpaired) electrons. The highest BCUT2D eigenvalue weighted by Crippen LogP contribution is 2.24. The molecule has 0 fully saturated rings. The van der Waals surface area contributed by atoms with E-state index in [1.165, 1.54) is 0 Å². The number of phenols is 1. The van der Waals surface area contributed by atoms with Gasteiger partial charge in [0.2, 0.25) is 5.91 Å². The Kier molecular flexibility index (Phi) is 6.73. The van der Waals surface area contributed by atoms with Crippen LogP contribution in [0.4, 0.5) is 5.69 Å². The van der Waals surface area contributed by atoms with Crippen molar-refractivity contribution in [3.63, 3.8) is 0 Å². The zero-order chi connectivity index (χ0) is 13.0. The molecule has 0 aromatic heterocycles. The summed E-state index contributed by atoms with van der Waals surface area (Å²) in [6.45, 7) is 5.77. The molecule has 1 amide bonds. The summed E-state index contributed by atoms with van der Waals surface area (Å²) in [7, 11) is 0. The molecule has 0 saturated heterocycles. The van der Waals surface area contributed by atoms with E-state index in [9.17, 15) is 9.90 Å². The lowest BCUT2D eigenvalue weighted by Crippen LogP contribution is -2.39. The maximum absolute atomic E-state index is 11.8. The Hall–Kier alpha value is -1.26. The molecule has 0 bridgehead atoms. The highest BCUT2D eigenvalue weighted by Gasteiger charge is 2.18. The van der Waals surface area contributed by atoms with Gasteiger partial charge in [-0.25, -0.2) is 0 Å². The monoisotopic (exact) mass is 272 g/mol. The topological polar surface area (TPSA) is 75.3 Å². The van der Waals surface area contributed by atoms with Crippen molar-refractivity contribution >= 4 is 24.0 Å². The minimum atomic E-state index is -0.570. The van der Waals surface area contributed by atoms with E-state index < -0.39 is 6.04 Å². The molecule has 0 heterocycles. The van der Waals surface area contributed by atoms with Crippen LogP contribution in [0.1, 0.15) is 26.3 Å². The van der Waals surface area contributed by atoms with Gasteiger partial charge in [-0.2, -0.15) is 0 Å². The number of aryl methyl sites for hydroxylation is 1. The molecule has 0 aliphatic heterocycles. The molecular formula is C13H21ClN2O2. The van der Waals surface area contributed by atoms with E-state index in [0.717, 1.165) is 12.0 Å². The molecule has 0 aliphatic rings. The van der Waals surface area contributed by atoms with E-state index in [1.54, 1.807) is 12.1 Å². The largest absolute Gasteiger partial charge is 0.506 e. The number of nitrogens with two attached hydrogens (primary N) is 1. The summed E-state index contributed by atoms with van der Waals surface area (Å²) in [6.07, 6.45) is 0.847. The predicted molar refractivity (Wildman–Crippen MR) is 76.2 cm³/mol. The van der Waals surface area contributed by atoms with Crippen molar-refractivity contribution in [1.82, 2.24) is 0 Å². The molecule has 0 aliphatic carbocycles. The van der Waals surface area contributed by atoms with Crippen LogP contribution in [0.5, 0.6) is 5.75 Å². The van der Waals surface area contributed by atoms with Crippen molar-refractivity contribution in [3.05, 3.63) is 23.8 Å². The number of rotatable bonds is 4. The Morgan fingerprint density at radius 2 is 2.06 bits per heavy atom. The van der Waals surface area contributed by atoms with Crippen LogP contribution >= 0.6 is 12.4 Å². The second kappa shape index (κ2) is 7.24. The molecule has 4 nitrogen and oxygen atoms in total. The standard InChI is InChI=1S/C13H20N2O2.ClH/c1-4-9-5-6-11(16)10(7-9)15-13(17)12(14)8(2)3;/h5-8,12,16H,4,14H2,1-3H3,(H,15,17);1H/t12-;/m1./s1.